The highest BCUT2D eigenvalue weighted by atomic mass is 16.7. The molecule has 0 bridgehead atoms. The number of hydrogen-bond acceptors (Lipinski definition) is 11. The van der Waals surface area contributed by atoms with Crippen LogP contribution in [0, 0.1) is 0 Å². The molecule has 0 aliphatic carbocycles. The molecule has 0 amide bonds. The molecular weight excluding hydrogens is 1020 g/mol. The molecule has 1 saturated heterocycles. The molecule has 12 nitrogen and oxygen atoms in total. The fraction of sp³-hybridized carbons (Fsp3) is 0.565. The minimum absolute atomic E-state index is 0.0147. The molecule has 0 aromatic carbocycles. The van der Waals surface area contributed by atoms with E-state index in [1.54, 1.807) is 0 Å². The first-order valence-electron chi connectivity index (χ1n) is 30.5. The van der Waals surface area contributed by atoms with Crippen LogP contribution in [0.3, 0.4) is 0 Å². The van der Waals surface area contributed by atoms with E-state index >= 15 is 0 Å². The van der Waals surface area contributed by atoms with Gasteiger partial charge in [-0.25, -0.2) is 4.79 Å². The smallest absolute Gasteiger partial charge is 0.335 e. The number of rotatable bonds is 49. The Morgan fingerprint density at radius 2 is 0.802 bits per heavy atom. The summed E-state index contributed by atoms with van der Waals surface area (Å²) in [6.07, 6.45) is 68.1. The lowest BCUT2D eigenvalue weighted by atomic mass is 9.98. The summed E-state index contributed by atoms with van der Waals surface area (Å²) in [5.74, 6) is -3.39. The van der Waals surface area contributed by atoms with E-state index < -0.39 is 73.9 Å². The summed E-state index contributed by atoms with van der Waals surface area (Å²) < 4.78 is 28.2. The van der Waals surface area contributed by atoms with Crippen molar-refractivity contribution in [1.82, 2.24) is 0 Å². The number of aliphatic carboxylic acids is 1. The molecule has 0 aromatic heterocycles. The van der Waals surface area contributed by atoms with Crippen molar-refractivity contribution in [3.8, 4) is 0 Å². The third-order valence-corrected chi connectivity index (χ3v) is 12.6. The van der Waals surface area contributed by atoms with Gasteiger partial charge < -0.3 is 39.0 Å². The minimum Gasteiger partial charge on any atom is -0.479 e. The zero-order chi connectivity index (χ0) is 58.9. The third kappa shape index (κ3) is 44.7. The molecule has 1 rings (SSSR count). The molecule has 1 aliphatic heterocycles. The van der Waals surface area contributed by atoms with Crippen molar-refractivity contribution in [1.29, 1.82) is 0 Å². The summed E-state index contributed by atoms with van der Waals surface area (Å²) in [5, 5.41) is 31.5. The highest BCUT2D eigenvalue weighted by Gasteiger charge is 2.50. The number of allylic oxidation sites excluding steroid dienone is 26. The van der Waals surface area contributed by atoms with Gasteiger partial charge in [0.05, 0.1) is 6.61 Å². The number of hydrogen-bond donors (Lipinski definition) is 3. The number of carbonyl (C=O) groups excluding carboxylic acids is 3. The molecule has 81 heavy (non-hydrogen) atoms. The molecule has 1 heterocycles. The average Bonchev–Trinajstić information content (AvgIpc) is 3.45. The van der Waals surface area contributed by atoms with Crippen LogP contribution in [0.25, 0.3) is 0 Å². The maximum Gasteiger partial charge on any atom is 0.335 e. The number of carboxylic acids is 1. The Bertz CT molecular complexity index is 2010. The second-order valence-electron chi connectivity index (χ2n) is 19.9. The zero-order valence-electron chi connectivity index (χ0n) is 49.7. The molecule has 0 spiro atoms. The highest BCUT2D eigenvalue weighted by molar-refractivity contribution is 5.74. The average molecular weight is 1130 g/mol. The molecule has 0 aromatic rings. The number of carbonyl (C=O) groups is 4. The molecular formula is C69H104O12. The Kier molecular flexibility index (Phi) is 49.7. The van der Waals surface area contributed by atoms with Gasteiger partial charge in [-0.05, 0) is 122 Å². The maximum atomic E-state index is 13.1. The number of aliphatic hydroxyl groups is 2. The Balaban J connectivity index is 2.76. The summed E-state index contributed by atoms with van der Waals surface area (Å²) in [7, 11) is 0. The largest absolute Gasteiger partial charge is 0.479 e. The molecule has 0 saturated carbocycles. The van der Waals surface area contributed by atoms with Crippen molar-refractivity contribution >= 4 is 23.9 Å². The van der Waals surface area contributed by atoms with Gasteiger partial charge in [0.1, 0.15) is 18.8 Å². The molecule has 452 valence electrons. The first kappa shape index (κ1) is 73.4. The summed E-state index contributed by atoms with van der Waals surface area (Å²) in [4.78, 5) is 51.1. The van der Waals surface area contributed by atoms with E-state index in [0.717, 1.165) is 109 Å². The van der Waals surface area contributed by atoms with Crippen LogP contribution in [0.5, 0.6) is 0 Å². The van der Waals surface area contributed by atoms with E-state index in [4.69, 9.17) is 23.7 Å². The Labute approximate surface area is 488 Å². The fourth-order valence-corrected chi connectivity index (χ4v) is 8.00. The van der Waals surface area contributed by atoms with Gasteiger partial charge in [-0.3, -0.25) is 14.4 Å². The molecule has 0 radical (unpaired) electrons. The van der Waals surface area contributed by atoms with Crippen molar-refractivity contribution in [3.63, 3.8) is 0 Å². The van der Waals surface area contributed by atoms with Gasteiger partial charge in [0.25, 0.3) is 0 Å². The lowest BCUT2D eigenvalue weighted by molar-refractivity contribution is -0.301. The third-order valence-electron chi connectivity index (χ3n) is 12.6. The number of esters is 3. The minimum atomic E-state index is -1.94. The molecule has 6 unspecified atom stereocenters. The predicted octanol–water partition coefficient (Wildman–Crippen LogP) is 16.1. The quantitative estimate of drug-likeness (QED) is 0.0228. The topological polar surface area (TPSA) is 175 Å². The second-order valence-corrected chi connectivity index (χ2v) is 19.9. The molecule has 1 fully saturated rings. The van der Waals surface area contributed by atoms with E-state index in [2.05, 4.69) is 148 Å². The number of ether oxygens (including phenoxy) is 5. The SMILES string of the molecule is CC/C=C\C/C=C\C/C=C\C/C=C\C/C=C\C/C=C\CCC(=O)OCC(COC1OC(C(=O)O)C(O)C(O)C1OC(=O)CCCCCCCC/C=C\C/C=C\C/C=C\CCCCC)OC(=O)CC/C=C\C/C=C\C/C=C\C/C=C\CC. The van der Waals surface area contributed by atoms with Crippen LogP contribution >= 0.6 is 0 Å². The Morgan fingerprint density at radius 1 is 0.420 bits per heavy atom. The van der Waals surface area contributed by atoms with Crippen LogP contribution in [-0.2, 0) is 42.9 Å². The first-order valence-corrected chi connectivity index (χ1v) is 30.5. The lowest BCUT2D eigenvalue weighted by Crippen LogP contribution is -2.61. The maximum absolute atomic E-state index is 13.1. The summed E-state index contributed by atoms with van der Waals surface area (Å²) >= 11 is 0. The molecule has 3 N–H and O–H groups in total. The summed E-state index contributed by atoms with van der Waals surface area (Å²) in [5.41, 5.74) is 0. The monoisotopic (exact) mass is 1120 g/mol. The van der Waals surface area contributed by atoms with Crippen molar-refractivity contribution in [2.75, 3.05) is 13.2 Å². The van der Waals surface area contributed by atoms with Gasteiger partial charge in [-0.15, -0.1) is 0 Å². The van der Waals surface area contributed by atoms with Gasteiger partial charge in [0.15, 0.2) is 24.6 Å². The van der Waals surface area contributed by atoms with Gasteiger partial charge >= 0.3 is 23.9 Å². The van der Waals surface area contributed by atoms with Crippen molar-refractivity contribution in [3.05, 3.63) is 158 Å². The highest BCUT2D eigenvalue weighted by Crippen LogP contribution is 2.26. The van der Waals surface area contributed by atoms with Crippen LogP contribution in [0.2, 0.25) is 0 Å². The molecule has 12 heteroatoms. The lowest BCUT2D eigenvalue weighted by Gasteiger charge is -2.40. The predicted molar refractivity (Wildman–Crippen MR) is 330 cm³/mol. The van der Waals surface area contributed by atoms with Crippen molar-refractivity contribution in [2.24, 2.45) is 0 Å². The number of aliphatic hydroxyl groups excluding tert-OH is 2. The van der Waals surface area contributed by atoms with E-state index in [1.165, 1.54) is 19.3 Å². The van der Waals surface area contributed by atoms with Crippen molar-refractivity contribution in [2.45, 2.75) is 237 Å². The van der Waals surface area contributed by atoms with Gasteiger partial charge in [-0.2, -0.15) is 0 Å². The van der Waals surface area contributed by atoms with Crippen LogP contribution in [0.4, 0.5) is 0 Å². The number of carboxylic acid groups (broad SMARTS) is 1. The fourth-order valence-electron chi connectivity index (χ4n) is 8.00. The van der Waals surface area contributed by atoms with E-state index in [-0.39, 0.29) is 19.3 Å². The van der Waals surface area contributed by atoms with Gasteiger partial charge in [0, 0.05) is 19.3 Å². The van der Waals surface area contributed by atoms with Gasteiger partial charge in [0.2, 0.25) is 0 Å². The zero-order valence-corrected chi connectivity index (χ0v) is 49.7. The second kappa shape index (κ2) is 54.9. The van der Waals surface area contributed by atoms with Crippen molar-refractivity contribution < 1.29 is 58.2 Å². The summed E-state index contributed by atoms with van der Waals surface area (Å²) in [6.45, 7) is 5.58. The number of unbranched alkanes of at least 4 members (excludes halogenated alkanes) is 9. The van der Waals surface area contributed by atoms with Crippen LogP contribution in [-0.4, -0.2) is 89.2 Å². The van der Waals surface area contributed by atoms with Crippen LogP contribution in [0.15, 0.2) is 158 Å². The van der Waals surface area contributed by atoms with E-state index in [1.807, 2.05) is 30.4 Å². The van der Waals surface area contributed by atoms with Crippen LogP contribution in [0.1, 0.15) is 201 Å². The van der Waals surface area contributed by atoms with E-state index in [0.29, 0.717) is 32.1 Å². The normalized spacial score (nSPS) is 18.9. The summed E-state index contributed by atoms with van der Waals surface area (Å²) in [6, 6.07) is 0. The Hall–Kier alpha value is -5.66. The Morgan fingerprint density at radius 3 is 1.23 bits per heavy atom. The molecule has 6 atom stereocenters. The standard InChI is InChI=1S/C69H104O12/c1-4-7-10-13-16-19-22-25-27-29-31-33-35-38-40-43-46-49-52-55-61(70)77-58-60(79-62(71)56-53-50-47-44-41-37-24-21-18-15-12-9-6-3)59-78-69-67(65(74)64(73)66(81-69)68(75)76)80-63(72)57-54-51-48-45-42-39-36-34-32-30-28-26-23-20-17-14-11-8-5-2/h7,9-10,12,16-21,25-28,31-34,37-38,40-41,46-47,49-50,60,64-67,69,73-74H,4-6,8,11,13-15,22-24,29-30,35-36,39,42-45,48,51-59H2,1-3H3,(H,75,76)/b10-7-,12-9-,19-16-,20-17-,21-18-,27-25-,28-26-,33-31-,34-32-,40-38-,41-37-,49-46-,50-47-. The molecule has 1 aliphatic rings. The van der Waals surface area contributed by atoms with E-state index in [9.17, 15) is 34.5 Å². The first-order chi connectivity index (χ1) is 39.6. The van der Waals surface area contributed by atoms with Crippen LogP contribution < -0.4 is 0 Å². The van der Waals surface area contributed by atoms with Gasteiger partial charge in [-0.1, -0.05) is 217 Å².